The number of amides is 1. The molecule has 1 saturated heterocycles. The van der Waals surface area contributed by atoms with Gasteiger partial charge in [0.05, 0.1) is 16.2 Å². The zero-order valence-electron chi connectivity index (χ0n) is 18.0. The highest BCUT2D eigenvalue weighted by atomic mass is 16.6. The fraction of sp³-hybridized carbons (Fsp3) is 0.682. The van der Waals surface area contributed by atoms with Crippen LogP contribution in [0, 0.1) is 16.0 Å². The Morgan fingerprint density at radius 3 is 2.30 bits per heavy atom. The van der Waals surface area contributed by atoms with Crippen LogP contribution in [0.1, 0.15) is 55.8 Å². The molecule has 2 N–H and O–H groups in total. The van der Waals surface area contributed by atoms with Gasteiger partial charge in [0.15, 0.2) is 0 Å². The third-order valence-electron chi connectivity index (χ3n) is 6.89. The first kappa shape index (κ1) is 20.9. The standard InChI is InChI=1S/C22H33N5O3/c1-15-3-5-16(6-4-15)24-22(28)18-13-21(27(29)30)19(23-2)14-20(18)26-11-9-25(10-12-26)17-7-8-17/h13-17,23H,3-12H2,1-2H3,(H,24,28)/t15-,16-. The lowest BCUT2D eigenvalue weighted by atomic mass is 9.87. The molecule has 2 aliphatic carbocycles. The molecular weight excluding hydrogens is 382 g/mol. The Labute approximate surface area is 178 Å². The summed E-state index contributed by atoms with van der Waals surface area (Å²) in [6.07, 6.45) is 6.74. The molecule has 8 nitrogen and oxygen atoms in total. The lowest BCUT2D eigenvalue weighted by Gasteiger charge is -2.37. The van der Waals surface area contributed by atoms with Crippen molar-refractivity contribution in [3.05, 3.63) is 27.8 Å². The van der Waals surface area contributed by atoms with Gasteiger partial charge < -0.3 is 15.5 Å². The van der Waals surface area contributed by atoms with Crippen molar-refractivity contribution in [2.24, 2.45) is 5.92 Å². The molecule has 1 heterocycles. The van der Waals surface area contributed by atoms with Gasteiger partial charge in [-0.05, 0) is 50.5 Å². The molecule has 164 valence electrons. The van der Waals surface area contributed by atoms with Crippen LogP contribution in [0.25, 0.3) is 0 Å². The SMILES string of the molecule is CNc1cc(N2CCN(C3CC3)CC2)c(C(=O)N[C@H]2CC[C@H](C)CC2)cc1[N+](=O)[O-]. The Morgan fingerprint density at radius 1 is 1.07 bits per heavy atom. The second kappa shape index (κ2) is 8.79. The number of hydrogen-bond donors (Lipinski definition) is 2. The molecule has 1 aliphatic heterocycles. The van der Waals surface area contributed by atoms with Crippen LogP contribution >= 0.6 is 0 Å². The summed E-state index contributed by atoms with van der Waals surface area (Å²) < 4.78 is 0. The Bertz CT molecular complexity index is 794. The number of nitrogens with zero attached hydrogens (tertiary/aromatic N) is 3. The van der Waals surface area contributed by atoms with Crippen molar-refractivity contribution in [2.75, 3.05) is 43.4 Å². The van der Waals surface area contributed by atoms with Crippen molar-refractivity contribution in [3.8, 4) is 0 Å². The average Bonchev–Trinajstić information content (AvgIpc) is 3.60. The first-order valence-corrected chi connectivity index (χ1v) is 11.3. The number of benzene rings is 1. The van der Waals surface area contributed by atoms with Gasteiger partial charge in [0.2, 0.25) is 0 Å². The van der Waals surface area contributed by atoms with E-state index in [9.17, 15) is 14.9 Å². The lowest BCUT2D eigenvalue weighted by Crippen LogP contribution is -2.48. The molecular formula is C22H33N5O3. The summed E-state index contributed by atoms with van der Waals surface area (Å²) in [4.78, 5) is 29.1. The van der Waals surface area contributed by atoms with Crippen molar-refractivity contribution < 1.29 is 9.72 Å². The molecule has 0 unspecified atom stereocenters. The van der Waals surface area contributed by atoms with Crippen molar-refractivity contribution in [1.82, 2.24) is 10.2 Å². The van der Waals surface area contributed by atoms with Gasteiger partial charge in [0.25, 0.3) is 11.6 Å². The Hall–Kier alpha value is -2.35. The van der Waals surface area contributed by atoms with Crippen LogP contribution in [-0.4, -0.2) is 61.0 Å². The molecule has 0 bridgehead atoms. The normalized spacial score (nSPS) is 25.1. The number of piperazine rings is 1. The fourth-order valence-electron chi connectivity index (χ4n) is 4.81. The quantitative estimate of drug-likeness (QED) is 0.548. The first-order chi connectivity index (χ1) is 14.5. The molecule has 1 amide bonds. The summed E-state index contributed by atoms with van der Waals surface area (Å²) >= 11 is 0. The van der Waals surface area contributed by atoms with E-state index in [4.69, 9.17) is 0 Å². The van der Waals surface area contributed by atoms with Crippen LogP contribution in [0.15, 0.2) is 12.1 Å². The first-order valence-electron chi connectivity index (χ1n) is 11.3. The molecule has 4 rings (SSSR count). The summed E-state index contributed by atoms with van der Waals surface area (Å²) in [7, 11) is 1.68. The van der Waals surface area contributed by atoms with E-state index in [-0.39, 0.29) is 17.6 Å². The number of nitro groups is 1. The molecule has 1 aromatic rings. The van der Waals surface area contributed by atoms with Crippen molar-refractivity contribution >= 4 is 23.0 Å². The van der Waals surface area contributed by atoms with Crippen LogP contribution in [0.2, 0.25) is 0 Å². The minimum absolute atomic E-state index is 0.0553. The minimum atomic E-state index is -0.417. The van der Waals surface area contributed by atoms with Crippen molar-refractivity contribution in [3.63, 3.8) is 0 Å². The number of carbonyl (C=O) groups excluding carboxylic acids is 1. The van der Waals surface area contributed by atoms with E-state index < -0.39 is 4.92 Å². The molecule has 0 radical (unpaired) electrons. The third-order valence-corrected chi connectivity index (χ3v) is 6.89. The van der Waals surface area contributed by atoms with Crippen LogP contribution in [0.3, 0.4) is 0 Å². The number of hydrogen-bond acceptors (Lipinski definition) is 6. The van der Waals surface area contributed by atoms with Crippen molar-refractivity contribution in [2.45, 2.75) is 57.5 Å². The third kappa shape index (κ3) is 4.53. The number of rotatable bonds is 6. The van der Waals surface area contributed by atoms with E-state index in [1.54, 1.807) is 13.1 Å². The fourth-order valence-corrected chi connectivity index (χ4v) is 4.81. The molecule has 0 aromatic heterocycles. The molecule has 30 heavy (non-hydrogen) atoms. The van der Waals surface area contributed by atoms with E-state index >= 15 is 0 Å². The Balaban J connectivity index is 1.58. The van der Waals surface area contributed by atoms with Gasteiger partial charge in [-0.2, -0.15) is 0 Å². The predicted molar refractivity (Wildman–Crippen MR) is 118 cm³/mol. The molecule has 2 saturated carbocycles. The van der Waals surface area contributed by atoms with Gasteiger partial charge >= 0.3 is 0 Å². The maximum atomic E-state index is 13.2. The van der Waals surface area contributed by atoms with Gasteiger partial charge in [0.1, 0.15) is 5.69 Å². The highest BCUT2D eigenvalue weighted by Crippen LogP contribution is 2.35. The summed E-state index contributed by atoms with van der Waals surface area (Å²) in [5.41, 5.74) is 1.60. The largest absolute Gasteiger partial charge is 0.383 e. The predicted octanol–water partition coefficient (Wildman–Crippen LogP) is 3.23. The molecule has 0 atom stereocenters. The molecule has 8 heteroatoms. The number of nitro benzene ring substituents is 1. The Kier molecular flexibility index (Phi) is 6.13. The summed E-state index contributed by atoms with van der Waals surface area (Å²) in [6, 6.07) is 4.11. The topological polar surface area (TPSA) is 90.8 Å². The van der Waals surface area contributed by atoms with Crippen LogP contribution < -0.4 is 15.5 Å². The second-order valence-corrected chi connectivity index (χ2v) is 9.08. The number of nitrogens with one attached hydrogen (secondary N) is 2. The lowest BCUT2D eigenvalue weighted by molar-refractivity contribution is -0.383. The molecule has 1 aromatic carbocycles. The summed E-state index contributed by atoms with van der Waals surface area (Å²) in [5.74, 6) is 0.507. The van der Waals surface area contributed by atoms with E-state index in [1.165, 1.54) is 18.9 Å². The Morgan fingerprint density at radius 2 is 1.73 bits per heavy atom. The van der Waals surface area contributed by atoms with Crippen LogP contribution in [0.4, 0.5) is 17.1 Å². The van der Waals surface area contributed by atoms with Gasteiger partial charge in [-0.3, -0.25) is 19.8 Å². The molecule has 3 fully saturated rings. The zero-order chi connectivity index (χ0) is 21.3. The molecule has 0 spiro atoms. The maximum absolute atomic E-state index is 13.2. The van der Waals surface area contributed by atoms with Gasteiger partial charge in [-0.25, -0.2) is 0 Å². The number of carbonyl (C=O) groups is 1. The van der Waals surface area contributed by atoms with E-state index in [0.29, 0.717) is 17.2 Å². The highest BCUT2D eigenvalue weighted by molar-refractivity contribution is 6.02. The summed E-state index contributed by atoms with van der Waals surface area (Å²) in [5, 5.41) is 17.7. The van der Waals surface area contributed by atoms with E-state index in [1.807, 2.05) is 0 Å². The average molecular weight is 416 g/mol. The van der Waals surface area contributed by atoms with E-state index in [2.05, 4.69) is 27.4 Å². The maximum Gasteiger partial charge on any atom is 0.293 e. The monoisotopic (exact) mass is 415 g/mol. The summed E-state index contributed by atoms with van der Waals surface area (Å²) in [6.45, 7) is 5.85. The zero-order valence-corrected chi connectivity index (χ0v) is 18.0. The van der Waals surface area contributed by atoms with Crippen molar-refractivity contribution in [1.29, 1.82) is 0 Å². The van der Waals surface area contributed by atoms with Gasteiger partial charge in [-0.15, -0.1) is 0 Å². The van der Waals surface area contributed by atoms with E-state index in [0.717, 1.165) is 63.6 Å². The minimum Gasteiger partial charge on any atom is -0.383 e. The number of anilines is 2. The highest BCUT2D eigenvalue weighted by Gasteiger charge is 2.33. The smallest absolute Gasteiger partial charge is 0.293 e. The second-order valence-electron chi connectivity index (χ2n) is 9.08. The van der Waals surface area contributed by atoms with Crippen LogP contribution in [-0.2, 0) is 0 Å². The van der Waals surface area contributed by atoms with Gasteiger partial charge in [0, 0.05) is 51.4 Å². The molecule has 3 aliphatic rings. The van der Waals surface area contributed by atoms with Crippen LogP contribution in [0.5, 0.6) is 0 Å². The van der Waals surface area contributed by atoms with Gasteiger partial charge in [-0.1, -0.05) is 6.92 Å².